The van der Waals surface area contributed by atoms with Crippen molar-refractivity contribution in [2.45, 2.75) is 39.4 Å². The number of rotatable bonds is 5. The van der Waals surface area contributed by atoms with Gasteiger partial charge in [-0.15, -0.1) is 0 Å². The average molecular weight is 332 g/mol. The van der Waals surface area contributed by atoms with E-state index in [1.165, 1.54) is 5.56 Å². The van der Waals surface area contributed by atoms with Crippen molar-refractivity contribution in [2.24, 2.45) is 0 Å². The van der Waals surface area contributed by atoms with Crippen LogP contribution in [-0.2, 0) is 11.3 Å². The maximum Gasteiger partial charge on any atom is 0.321 e. The number of urea groups is 1. The van der Waals surface area contributed by atoms with E-state index in [9.17, 15) is 9.59 Å². The zero-order valence-corrected chi connectivity index (χ0v) is 14.8. The van der Waals surface area contributed by atoms with Gasteiger partial charge in [0.15, 0.2) is 0 Å². The van der Waals surface area contributed by atoms with Crippen LogP contribution < -0.4 is 10.6 Å². The van der Waals surface area contributed by atoms with E-state index in [2.05, 4.69) is 44.7 Å². The van der Waals surface area contributed by atoms with E-state index in [0.29, 0.717) is 0 Å². The topological polar surface area (TPSA) is 64.7 Å². The highest BCUT2D eigenvalue weighted by Crippen LogP contribution is 2.10. The highest BCUT2D eigenvalue weighted by Gasteiger charge is 2.26. The third-order valence-corrected chi connectivity index (χ3v) is 4.24. The number of imide groups is 1. The van der Waals surface area contributed by atoms with E-state index < -0.39 is 6.03 Å². The fourth-order valence-corrected chi connectivity index (χ4v) is 2.83. The molecular formula is C18H28N4O2. The van der Waals surface area contributed by atoms with Crippen LogP contribution in [0, 0.1) is 0 Å². The minimum atomic E-state index is -0.426. The summed E-state index contributed by atoms with van der Waals surface area (Å²) in [5, 5.41) is 5.08. The van der Waals surface area contributed by atoms with E-state index >= 15 is 0 Å². The van der Waals surface area contributed by atoms with Gasteiger partial charge in [-0.05, 0) is 26.3 Å². The lowest BCUT2D eigenvalue weighted by Gasteiger charge is -2.37. The summed E-state index contributed by atoms with van der Waals surface area (Å²) in [7, 11) is 0. The second kappa shape index (κ2) is 8.80. The summed E-state index contributed by atoms with van der Waals surface area (Å²) in [6.07, 6.45) is 0. The molecule has 1 atom stereocenters. The molecule has 0 radical (unpaired) electrons. The summed E-state index contributed by atoms with van der Waals surface area (Å²) in [6, 6.07) is 9.68. The lowest BCUT2D eigenvalue weighted by atomic mass is 10.1. The summed E-state index contributed by atoms with van der Waals surface area (Å²) in [4.78, 5) is 28.3. The Morgan fingerprint density at radius 1 is 1.04 bits per heavy atom. The molecule has 132 valence electrons. The van der Waals surface area contributed by atoms with Gasteiger partial charge in [-0.1, -0.05) is 30.3 Å². The van der Waals surface area contributed by atoms with Gasteiger partial charge >= 0.3 is 6.03 Å². The number of carbonyl (C=O) groups excluding carboxylic acids is 2. The Labute approximate surface area is 144 Å². The van der Waals surface area contributed by atoms with Crippen LogP contribution in [0.3, 0.4) is 0 Å². The highest BCUT2D eigenvalue weighted by atomic mass is 16.2. The van der Waals surface area contributed by atoms with Crippen LogP contribution >= 0.6 is 0 Å². The van der Waals surface area contributed by atoms with Gasteiger partial charge in [0.2, 0.25) is 5.91 Å². The van der Waals surface area contributed by atoms with Gasteiger partial charge in [0, 0.05) is 38.8 Å². The number of piperazine rings is 1. The van der Waals surface area contributed by atoms with Crippen LogP contribution in [0.4, 0.5) is 4.79 Å². The first-order chi connectivity index (χ1) is 11.5. The van der Waals surface area contributed by atoms with Gasteiger partial charge in [0.25, 0.3) is 0 Å². The van der Waals surface area contributed by atoms with Crippen molar-refractivity contribution in [3.05, 3.63) is 35.9 Å². The second-order valence-electron chi connectivity index (χ2n) is 6.59. The standard InChI is InChI=1S/C18H28N4O2/c1-14(2)19-18(24)20-17(23)15(3)22-11-9-21(10-12-22)13-16-7-5-4-6-8-16/h4-8,14-15H,9-13H2,1-3H3,(H2,19,20,23,24)/t15-/m1/s1. The average Bonchev–Trinajstić information content (AvgIpc) is 2.55. The molecule has 6 nitrogen and oxygen atoms in total. The third kappa shape index (κ3) is 5.62. The first-order valence-corrected chi connectivity index (χ1v) is 8.57. The van der Waals surface area contributed by atoms with Gasteiger partial charge in [-0.3, -0.25) is 19.9 Å². The molecule has 0 unspecified atom stereocenters. The molecule has 2 rings (SSSR count). The molecular weight excluding hydrogens is 304 g/mol. The Morgan fingerprint density at radius 2 is 1.67 bits per heavy atom. The van der Waals surface area contributed by atoms with E-state index in [0.717, 1.165) is 32.7 Å². The maximum absolute atomic E-state index is 12.2. The van der Waals surface area contributed by atoms with Crippen molar-refractivity contribution in [1.82, 2.24) is 20.4 Å². The summed E-state index contributed by atoms with van der Waals surface area (Å²) in [5.41, 5.74) is 1.31. The largest absolute Gasteiger partial charge is 0.336 e. The SMILES string of the molecule is CC(C)NC(=O)NC(=O)[C@@H](C)N1CCN(Cc2ccccc2)CC1. The van der Waals surface area contributed by atoms with Crippen LogP contribution in [0.5, 0.6) is 0 Å². The number of nitrogens with zero attached hydrogens (tertiary/aromatic N) is 2. The number of hydrogen-bond donors (Lipinski definition) is 2. The van der Waals surface area contributed by atoms with E-state index in [1.807, 2.05) is 26.8 Å². The number of hydrogen-bond acceptors (Lipinski definition) is 4. The fourth-order valence-electron chi connectivity index (χ4n) is 2.83. The van der Waals surface area contributed by atoms with Gasteiger partial charge < -0.3 is 5.32 Å². The summed E-state index contributed by atoms with van der Waals surface area (Å²) < 4.78 is 0. The Hall–Kier alpha value is -1.92. The molecule has 1 heterocycles. The van der Waals surface area contributed by atoms with E-state index in [1.54, 1.807) is 0 Å². The van der Waals surface area contributed by atoms with Crippen molar-refractivity contribution >= 4 is 11.9 Å². The van der Waals surface area contributed by atoms with Crippen molar-refractivity contribution < 1.29 is 9.59 Å². The minimum Gasteiger partial charge on any atom is -0.336 e. The van der Waals surface area contributed by atoms with Crippen LogP contribution in [0.2, 0.25) is 0 Å². The maximum atomic E-state index is 12.2. The van der Waals surface area contributed by atoms with Gasteiger partial charge in [-0.25, -0.2) is 4.79 Å². The summed E-state index contributed by atoms with van der Waals surface area (Å²) >= 11 is 0. The Kier molecular flexibility index (Phi) is 6.75. The minimum absolute atomic E-state index is 0.00892. The van der Waals surface area contributed by atoms with E-state index in [4.69, 9.17) is 0 Å². The smallest absolute Gasteiger partial charge is 0.321 e. The zero-order chi connectivity index (χ0) is 17.5. The molecule has 0 aliphatic carbocycles. The Morgan fingerprint density at radius 3 is 2.25 bits per heavy atom. The molecule has 1 aromatic carbocycles. The Bertz CT molecular complexity index is 539. The van der Waals surface area contributed by atoms with Crippen LogP contribution in [-0.4, -0.2) is 60.0 Å². The summed E-state index contributed by atoms with van der Waals surface area (Å²) in [5.74, 6) is -0.246. The van der Waals surface area contributed by atoms with Gasteiger partial charge in [-0.2, -0.15) is 0 Å². The normalized spacial score (nSPS) is 17.5. The van der Waals surface area contributed by atoms with Crippen molar-refractivity contribution in [2.75, 3.05) is 26.2 Å². The van der Waals surface area contributed by atoms with Crippen LogP contribution in [0.15, 0.2) is 30.3 Å². The number of benzene rings is 1. The van der Waals surface area contributed by atoms with Gasteiger partial charge in [0.1, 0.15) is 0 Å². The summed E-state index contributed by atoms with van der Waals surface area (Å²) in [6.45, 7) is 10.0. The molecule has 3 amide bonds. The monoisotopic (exact) mass is 332 g/mol. The zero-order valence-electron chi connectivity index (χ0n) is 14.8. The van der Waals surface area contributed by atoms with Crippen molar-refractivity contribution in [1.29, 1.82) is 0 Å². The molecule has 0 spiro atoms. The molecule has 0 aromatic heterocycles. The van der Waals surface area contributed by atoms with Gasteiger partial charge in [0.05, 0.1) is 6.04 Å². The van der Waals surface area contributed by atoms with Crippen LogP contribution in [0.1, 0.15) is 26.3 Å². The highest BCUT2D eigenvalue weighted by molar-refractivity contribution is 5.96. The number of nitrogens with one attached hydrogen (secondary N) is 2. The molecule has 1 aromatic rings. The molecule has 0 bridgehead atoms. The van der Waals surface area contributed by atoms with Crippen molar-refractivity contribution in [3.63, 3.8) is 0 Å². The predicted molar refractivity (Wildman–Crippen MR) is 94.6 cm³/mol. The molecule has 24 heavy (non-hydrogen) atoms. The molecule has 1 saturated heterocycles. The molecule has 1 aliphatic heterocycles. The molecule has 2 N–H and O–H groups in total. The lowest BCUT2D eigenvalue weighted by molar-refractivity contribution is -0.125. The number of carbonyl (C=O) groups is 2. The Balaban J connectivity index is 1.76. The van der Waals surface area contributed by atoms with Crippen molar-refractivity contribution in [3.8, 4) is 0 Å². The first kappa shape index (κ1) is 18.4. The molecule has 0 saturated carbocycles. The van der Waals surface area contributed by atoms with E-state index in [-0.39, 0.29) is 18.0 Å². The molecule has 6 heteroatoms. The first-order valence-electron chi connectivity index (χ1n) is 8.57. The third-order valence-electron chi connectivity index (χ3n) is 4.24. The lowest BCUT2D eigenvalue weighted by Crippen LogP contribution is -2.55. The molecule has 1 aliphatic rings. The molecule has 1 fully saturated rings. The van der Waals surface area contributed by atoms with Crippen LogP contribution in [0.25, 0.3) is 0 Å². The fraction of sp³-hybridized carbons (Fsp3) is 0.556. The second-order valence-corrected chi connectivity index (χ2v) is 6.59. The predicted octanol–water partition coefficient (Wildman–Crippen LogP) is 1.43. The number of amides is 3. The quantitative estimate of drug-likeness (QED) is 0.856.